The van der Waals surface area contributed by atoms with Crippen LogP contribution in [0.3, 0.4) is 0 Å². The highest BCUT2D eigenvalue weighted by molar-refractivity contribution is 9.10. The molecule has 0 heterocycles. The molecule has 0 amide bonds. The third-order valence-electron chi connectivity index (χ3n) is 3.58. The Labute approximate surface area is 145 Å². The van der Waals surface area contributed by atoms with Gasteiger partial charge in [0.25, 0.3) is 0 Å². The first-order valence-electron chi connectivity index (χ1n) is 7.71. The van der Waals surface area contributed by atoms with E-state index in [2.05, 4.69) is 31.8 Å². The SMILES string of the molecule is CCOc1ccc(Br)cc1/C=N/NC(=S)NC1CCCCC1. The molecule has 0 spiro atoms. The fraction of sp³-hybridized carbons (Fsp3) is 0.500. The van der Waals surface area contributed by atoms with Crippen molar-refractivity contribution >= 4 is 39.5 Å². The number of benzene rings is 1. The lowest BCUT2D eigenvalue weighted by molar-refractivity contribution is 0.339. The van der Waals surface area contributed by atoms with Crippen molar-refractivity contribution < 1.29 is 4.74 Å². The van der Waals surface area contributed by atoms with E-state index in [0.29, 0.717) is 17.8 Å². The summed E-state index contributed by atoms with van der Waals surface area (Å²) >= 11 is 8.74. The van der Waals surface area contributed by atoms with E-state index in [1.54, 1.807) is 6.21 Å². The fourth-order valence-corrected chi connectivity index (χ4v) is 3.13. The van der Waals surface area contributed by atoms with Crippen molar-refractivity contribution in [1.29, 1.82) is 0 Å². The van der Waals surface area contributed by atoms with Crippen molar-refractivity contribution in [2.24, 2.45) is 5.10 Å². The average molecular weight is 384 g/mol. The van der Waals surface area contributed by atoms with Gasteiger partial charge >= 0.3 is 0 Å². The maximum atomic E-state index is 5.58. The highest BCUT2D eigenvalue weighted by Gasteiger charge is 2.13. The number of hydrogen-bond donors (Lipinski definition) is 2. The third-order valence-corrected chi connectivity index (χ3v) is 4.28. The van der Waals surface area contributed by atoms with Gasteiger partial charge in [0.2, 0.25) is 0 Å². The maximum absolute atomic E-state index is 5.58. The van der Waals surface area contributed by atoms with Crippen LogP contribution in [0.1, 0.15) is 44.6 Å². The standard InChI is InChI=1S/C16H22BrN3OS/c1-2-21-15-9-8-13(17)10-12(15)11-18-20-16(22)19-14-6-4-3-5-7-14/h8-11,14H,2-7H2,1H3,(H2,19,20,22)/b18-11+. The second-order valence-electron chi connectivity index (χ2n) is 5.29. The van der Waals surface area contributed by atoms with E-state index < -0.39 is 0 Å². The molecule has 0 atom stereocenters. The molecule has 0 aromatic heterocycles. The van der Waals surface area contributed by atoms with Gasteiger partial charge in [-0.05, 0) is 50.2 Å². The summed E-state index contributed by atoms with van der Waals surface area (Å²) in [7, 11) is 0. The smallest absolute Gasteiger partial charge is 0.187 e. The van der Waals surface area contributed by atoms with E-state index >= 15 is 0 Å². The molecule has 1 aliphatic carbocycles. The fourth-order valence-electron chi connectivity index (χ4n) is 2.53. The van der Waals surface area contributed by atoms with Crippen LogP contribution in [-0.2, 0) is 0 Å². The van der Waals surface area contributed by atoms with Gasteiger partial charge in [0.1, 0.15) is 5.75 Å². The minimum absolute atomic E-state index is 0.480. The summed E-state index contributed by atoms with van der Waals surface area (Å²) in [5.74, 6) is 0.808. The number of hydrogen-bond acceptors (Lipinski definition) is 3. The van der Waals surface area contributed by atoms with Crippen LogP contribution in [0.5, 0.6) is 5.75 Å². The van der Waals surface area contributed by atoms with E-state index in [9.17, 15) is 0 Å². The van der Waals surface area contributed by atoms with Gasteiger partial charge in [-0.2, -0.15) is 5.10 Å². The van der Waals surface area contributed by atoms with Crippen LogP contribution in [-0.4, -0.2) is 24.0 Å². The molecular weight excluding hydrogens is 362 g/mol. The summed E-state index contributed by atoms with van der Waals surface area (Å²) in [6, 6.07) is 6.32. The summed E-state index contributed by atoms with van der Waals surface area (Å²) < 4.78 is 6.57. The predicted molar refractivity (Wildman–Crippen MR) is 98.6 cm³/mol. The molecule has 1 saturated carbocycles. The lowest BCUT2D eigenvalue weighted by atomic mass is 9.96. The first-order valence-corrected chi connectivity index (χ1v) is 8.91. The van der Waals surface area contributed by atoms with Crippen LogP contribution in [0.4, 0.5) is 0 Å². The van der Waals surface area contributed by atoms with Crippen LogP contribution in [0.25, 0.3) is 0 Å². The van der Waals surface area contributed by atoms with Crippen molar-refractivity contribution in [3.63, 3.8) is 0 Å². The molecule has 1 aromatic rings. The third kappa shape index (κ3) is 5.57. The molecule has 0 radical (unpaired) electrons. The molecule has 6 heteroatoms. The number of ether oxygens (including phenoxy) is 1. The number of nitrogens with zero attached hydrogens (tertiary/aromatic N) is 1. The Balaban J connectivity index is 1.88. The number of thiocarbonyl (C=S) groups is 1. The van der Waals surface area contributed by atoms with Gasteiger partial charge < -0.3 is 10.1 Å². The Morgan fingerprint density at radius 1 is 1.41 bits per heavy atom. The molecule has 1 aromatic carbocycles. The van der Waals surface area contributed by atoms with Crippen LogP contribution in [0.2, 0.25) is 0 Å². The molecule has 120 valence electrons. The lowest BCUT2D eigenvalue weighted by Gasteiger charge is -2.23. The second kappa shape index (κ2) is 9.10. The van der Waals surface area contributed by atoms with E-state index in [1.807, 2.05) is 25.1 Å². The van der Waals surface area contributed by atoms with Gasteiger partial charge in [-0.15, -0.1) is 0 Å². The first kappa shape index (κ1) is 17.2. The zero-order chi connectivity index (χ0) is 15.8. The molecule has 0 unspecified atom stereocenters. The predicted octanol–water partition coefficient (Wildman–Crippen LogP) is 3.98. The first-order chi connectivity index (χ1) is 10.7. The highest BCUT2D eigenvalue weighted by Crippen LogP contribution is 2.21. The Morgan fingerprint density at radius 2 is 2.18 bits per heavy atom. The van der Waals surface area contributed by atoms with Gasteiger partial charge in [0.05, 0.1) is 12.8 Å². The Hall–Kier alpha value is -1.14. The zero-order valence-electron chi connectivity index (χ0n) is 12.8. The maximum Gasteiger partial charge on any atom is 0.187 e. The number of halogens is 1. The molecule has 2 rings (SSSR count). The summed E-state index contributed by atoms with van der Waals surface area (Å²) in [5.41, 5.74) is 3.79. The molecule has 2 N–H and O–H groups in total. The van der Waals surface area contributed by atoms with Crippen LogP contribution in [0, 0.1) is 0 Å². The van der Waals surface area contributed by atoms with E-state index in [0.717, 1.165) is 15.8 Å². The normalized spacial score (nSPS) is 15.7. The van der Waals surface area contributed by atoms with E-state index in [1.165, 1.54) is 32.1 Å². The summed E-state index contributed by atoms with van der Waals surface area (Å²) in [6.07, 6.45) is 7.99. The average Bonchev–Trinajstić information content (AvgIpc) is 2.51. The Morgan fingerprint density at radius 3 is 2.91 bits per heavy atom. The zero-order valence-corrected chi connectivity index (χ0v) is 15.2. The Bertz CT molecular complexity index is 530. The van der Waals surface area contributed by atoms with Crippen molar-refractivity contribution in [2.45, 2.75) is 45.1 Å². The molecule has 0 bridgehead atoms. The number of hydrazone groups is 1. The lowest BCUT2D eigenvalue weighted by Crippen LogP contribution is -2.40. The number of nitrogens with one attached hydrogen (secondary N) is 2. The van der Waals surface area contributed by atoms with Crippen molar-refractivity contribution in [3.8, 4) is 5.75 Å². The quantitative estimate of drug-likeness (QED) is 0.458. The molecular formula is C16H22BrN3OS. The summed E-state index contributed by atoms with van der Waals surface area (Å²) in [5, 5.41) is 8.11. The van der Waals surface area contributed by atoms with E-state index in [-0.39, 0.29) is 0 Å². The van der Waals surface area contributed by atoms with Crippen LogP contribution >= 0.6 is 28.1 Å². The highest BCUT2D eigenvalue weighted by atomic mass is 79.9. The van der Waals surface area contributed by atoms with E-state index in [4.69, 9.17) is 17.0 Å². The number of rotatable bonds is 5. The van der Waals surface area contributed by atoms with Crippen LogP contribution in [0.15, 0.2) is 27.8 Å². The van der Waals surface area contributed by atoms with Gasteiger partial charge in [0, 0.05) is 16.1 Å². The monoisotopic (exact) mass is 383 g/mol. The molecule has 1 fully saturated rings. The minimum Gasteiger partial charge on any atom is -0.493 e. The van der Waals surface area contributed by atoms with Crippen LogP contribution < -0.4 is 15.5 Å². The van der Waals surface area contributed by atoms with Crippen molar-refractivity contribution in [2.75, 3.05) is 6.61 Å². The molecule has 1 aliphatic rings. The molecule has 0 saturated heterocycles. The van der Waals surface area contributed by atoms with Gasteiger partial charge in [-0.1, -0.05) is 35.2 Å². The van der Waals surface area contributed by atoms with Crippen molar-refractivity contribution in [1.82, 2.24) is 10.7 Å². The van der Waals surface area contributed by atoms with Gasteiger partial charge in [-0.25, -0.2) is 0 Å². The topological polar surface area (TPSA) is 45.6 Å². The minimum atomic E-state index is 0.480. The summed E-state index contributed by atoms with van der Waals surface area (Å²) in [6.45, 7) is 2.59. The largest absolute Gasteiger partial charge is 0.493 e. The molecule has 22 heavy (non-hydrogen) atoms. The van der Waals surface area contributed by atoms with Gasteiger partial charge in [-0.3, -0.25) is 5.43 Å². The second-order valence-corrected chi connectivity index (χ2v) is 6.62. The van der Waals surface area contributed by atoms with Gasteiger partial charge in [0.15, 0.2) is 5.11 Å². The van der Waals surface area contributed by atoms with Crippen molar-refractivity contribution in [3.05, 3.63) is 28.2 Å². The Kier molecular flexibility index (Phi) is 7.12. The molecule has 0 aliphatic heterocycles. The summed E-state index contributed by atoms with van der Waals surface area (Å²) in [4.78, 5) is 0. The molecule has 4 nitrogen and oxygen atoms in total.